The van der Waals surface area contributed by atoms with E-state index in [-0.39, 0.29) is 16.9 Å². The van der Waals surface area contributed by atoms with Crippen LogP contribution in [0.2, 0.25) is 0 Å². The predicted molar refractivity (Wildman–Crippen MR) is 101 cm³/mol. The van der Waals surface area contributed by atoms with E-state index >= 15 is 0 Å². The lowest BCUT2D eigenvalue weighted by molar-refractivity contribution is -0.384. The summed E-state index contributed by atoms with van der Waals surface area (Å²) in [7, 11) is 0. The van der Waals surface area contributed by atoms with Crippen molar-refractivity contribution in [3.05, 3.63) is 88.2 Å². The normalized spacial score (nSPS) is 11.1. The van der Waals surface area contributed by atoms with Gasteiger partial charge in [0.1, 0.15) is 0 Å². The summed E-state index contributed by atoms with van der Waals surface area (Å²) in [6.07, 6.45) is -1.36. The van der Waals surface area contributed by atoms with Gasteiger partial charge in [-0.2, -0.15) is 13.2 Å². The Morgan fingerprint density at radius 1 is 1.03 bits per heavy atom. The minimum Gasteiger partial charge on any atom is -0.322 e. The first-order valence-corrected chi connectivity index (χ1v) is 8.90. The van der Waals surface area contributed by atoms with E-state index in [0.29, 0.717) is 4.90 Å². The highest BCUT2D eigenvalue weighted by Gasteiger charge is 2.30. The molecule has 0 aliphatic rings. The molecule has 1 amide bonds. The van der Waals surface area contributed by atoms with Gasteiger partial charge in [-0.1, -0.05) is 11.8 Å². The van der Waals surface area contributed by atoms with Crippen LogP contribution in [-0.2, 0) is 6.18 Å². The Morgan fingerprint density at radius 3 is 2.28 bits per heavy atom. The van der Waals surface area contributed by atoms with Crippen LogP contribution in [0.5, 0.6) is 0 Å². The Kier molecular flexibility index (Phi) is 5.83. The predicted octanol–water partition coefficient (Wildman–Crippen LogP) is 5.41. The molecule has 29 heavy (non-hydrogen) atoms. The Bertz CT molecular complexity index is 1040. The number of hydrogen-bond acceptors (Lipinski definition) is 5. The minimum atomic E-state index is -4.49. The number of pyridine rings is 1. The number of alkyl halides is 3. The zero-order valence-corrected chi connectivity index (χ0v) is 15.3. The molecule has 0 saturated heterocycles. The number of non-ortho nitro benzene ring substituents is 1. The Balaban J connectivity index is 1.89. The molecule has 1 N–H and O–H groups in total. The molecule has 0 saturated carbocycles. The van der Waals surface area contributed by atoms with Gasteiger partial charge < -0.3 is 5.32 Å². The Labute approximate surface area is 166 Å². The number of nitro groups is 1. The van der Waals surface area contributed by atoms with Gasteiger partial charge in [-0.3, -0.25) is 19.9 Å². The largest absolute Gasteiger partial charge is 0.416 e. The smallest absolute Gasteiger partial charge is 0.322 e. The van der Waals surface area contributed by atoms with Gasteiger partial charge in [-0.25, -0.2) is 0 Å². The molecule has 0 atom stereocenters. The van der Waals surface area contributed by atoms with E-state index in [1.54, 1.807) is 24.5 Å². The van der Waals surface area contributed by atoms with Crippen LogP contribution in [0.25, 0.3) is 0 Å². The molecule has 3 aromatic rings. The highest BCUT2D eigenvalue weighted by atomic mass is 32.2. The number of aromatic nitrogens is 1. The van der Waals surface area contributed by atoms with Crippen molar-refractivity contribution in [3.8, 4) is 0 Å². The monoisotopic (exact) mass is 419 g/mol. The van der Waals surface area contributed by atoms with E-state index in [9.17, 15) is 28.1 Å². The van der Waals surface area contributed by atoms with E-state index in [0.717, 1.165) is 35.2 Å². The quantitative estimate of drug-likeness (QED) is 0.441. The van der Waals surface area contributed by atoms with E-state index in [2.05, 4.69) is 10.3 Å². The van der Waals surface area contributed by atoms with Gasteiger partial charge in [0.15, 0.2) is 0 Å². The summed E-state index contributed by atoms with van der Waals surface area (Å²) in [5.74, 6) is -0.676. The van der Waals surface area contributed by atoms with Crippen molar-refractivity contribution in [2.75, 3.05) is 5.32 Å². The third kappa shape index (κ3) is 5.11. The summed E-state index contributed by atoms with van der Waals surface area (Å²) >= 11 is 1.21. The standard InChI is InChI=1S/C19H12F3N3O3S/c20-19(21,22)12-1-3-13(4-2-12)24-18(26)16-11-14(25(27)28)5-6-17(16)29-15-7-9-23-10-8-15/h1-11H,(H,24,26). The molecule has 6 nitrogen and oxygen atoms in total. The second-order valence-corrected chi connectivity index (χ2v) is 6.87. The maximum Gasteiger partial charge on any atom is 0.416 e. The molecule has 2 aromatic carbocycles. The zero-order chi connectivity index (χ0) is 21.0. The highest BCUT2D eigenvalue weighted by Crippen LogP contribution is 2.33. The molecule has 0 aliphatic carbocycles. The highest BCUT2D eigenvalue weighted by molar-refractivity contribution is 7.99. The molecule has 1 aromatic heterocycles. The second-order valence-electron chi connectivity index (χ2n) is 5.75. The summed E-state index contributed by atoms with van der Waals surface area (Å²) in [5, 5.41) is 13.6. The summed E-state index contributed by atoms with van der Waals surface area (Å²) in [5.41, 5.74) is -0.961. The van der Waals surface area contributed by atoms with Crippen molar-refractivity contribution < 1.29 is 22.9 Å². The van der Waals surface area contributed by atoms with E-state index < -0.39 is 22.6 Å². The first kappa shape index (κ1) is 20.3. The summed E-state index contributed by atoms with van der Waals surface area (Å²) < 4.78 is 38.0. The molecule has 0 radical (unpaired) electrons. The molecular weight excluding hydrogens is 407 g/mol. The number of carbonyl (C=O) groups is 1. The first-order valence-electron chi connectivity index (χ1n) is 8.09. The Morgan fingerprint density at radius 2 is 1.69 bits per heavy atom. The molecule has 0 bridgehead atoms. The number of benzene rings is 2. The van der Waals surface area contributed by atoms with Crippen LogP contribution in [0.4, 0.5) is 24.5 Å². The van der Waals surface area contributed by atoms with Crippen molar-refractivity contribution >= 4 is 29.0 Å². The molecule has 0 spiro atoms. The van der Waals surface area contributed by atoms with Crippen LogP contribution >= 0.6 is 11.8 Å². The minimum absolute atomic E-state index is 0.0286. The molecule has 10 heteroatoms. The van der Waals surface area contributed by atoms with Crippen LogP contribution in [0, 0.1) is 10.1 Å². The molecule has 3 rings (SSSR count). The van der Waals surface area contributed by atoms with E-state index in [1.165, 1.54) is 23.9 Å². The number of nitro benzene ring substituents is 1. The fourth-order valence-electron chi connectivity index (χ4n) is 2.37. The maximum absolute atomic E-state index is 12.7. The maximum atomic E-state index is 12.7. The third-order valence-electron chi connectivity index (χ3n) is 3.77. The fraction of sp³-hybridized carbons (Fsp3) is 0.0526. The number of carbonyl (C=O) groups excluding carboxylic acids is 1. The lowest BCUT2D eigenvalue weighted by Gasteiger charge is -2.11. The fourth-order valence-corrected chi connectivity index (χ4v) is 3.28. The number of nitrogens with zero attached hydrogens (tertiary/aromatic N) is 2. The van der Waals surface area contributed by atoms with Gasteiger partial charge in [0, 0.05) is 40.0 Å². The van der Waals surface area contributed by atoms with Crippen LogP contribution in [-0.4, -0.2) is 15.8 Å². The average molecular weight is 419 g/mol. The number of anilines is 1. The number of nitrogens with one attached hydrogen (secondary N) is 1. The molecule has 0 aliphatic heterocycles. The molecular formula is C19H12F3N3O3S. The van der Waals surface area contributed by atoms with Gasteiger partial charge in [-0.15, -0.1) is 0 Å². The van der Waals surface area contributed by atoms with Crippen LogP contribution in [0.3, 0.4) is 0 Å². The first-order chi connectivity index (χ1) is 13.7. The van der Waals surface area contributed by atoms with Gasteiger partial charge in [0.2, 0.25) is 0 Å². The van der Waals surface area contributed by atoms with Crippen molar-refractivity contribution in [2.24, 2.45) is 0 Å². The van der Waals surface area contributed by atoms with E-state index in [4.69, 9.17) is 0 Å². The Hall–Kier alpha value is -3.40. The molecule has 148 valence electrons. The number of hydrogen-bond donors (Lipinski definition) is 1. The van der Waals surface area contributed by atoms with Gasteiger partial charge in [0.05, 0.1) is 16.1 Å². The SMILES string of the molecule is O=C(Nc1ccc(C(F)(F)F)cc1)c1cc([N+](=O)[O-])ccc1Sc1ccncc1. The van der Waals surface area contributed by atoms with Gasteiger partial charge >= 0.3 is 6.18 Å². The molecule has 0 fully saturated rings. The topological polar surface area (TPSA) is 85.1 Å². The second kappa shape index (κ2) is 8.31. The number of halogens is 3. The van der Waals surface area contributed by atoms with Crippen molar-refractivity contribution in [3.63, 3.8) is 0 Å². The molecule has 1 heterocycles. The summed E-state index contributed by atoms with van der Waals surface area (Å²) in [6.45, 7) is 0. The van der Waals surface area contributed by atoms with Crippen molar-refractivity contribution in [2.45, 2.75) is 16.0 Å². The number of amides is 1. The van der Waals surface area contributed by atoms with Gasteiger partial charge in [0.25, 0.3) is 11.6 Å². The van der Waals surface area contributed by atoms with Crippen molar-refractivity contribution in [1.82, 2.24) is 4.98 Å². The zero-order valence-electron chi connectivity index (χ0n) is 14.5. The van der Waals surface area contributed by atoms with Crippen LogP contribution in [0.1, 0.15) is 15.9 Å². The average Bonchev–Trinajstić information content (AvgIpc) is 2.68. The van der Waals surface area contributed by atoms with Crippen LogP contribution < -0.4 is 5.32 Å². The third-order valence-corrected chi connectivity index (χ3v) is 4.85. The van der Waals surface area contributed by atoms with Crippen molar-refractivity contribution in [1.29, 1.82) is 0 Å². The number of rotatable bonds is 5. The summed E-state index contributed by atoms with van der Waals surface area (Å²) in [4.78, 5) is 28.3. The van der Waals surface area contributed by atoms with E-state index in [1.807, 2.05) is 0 Å². The lowest BCUT2D eigenvalue weighted by Crippen LogP contribution is -2.14. The molecule has 0 unspecified atom stereocenters. The lowest BCUT2D eigenvalue weighted by atomic mass is 10.1. The van der Waals surface area contributed by atoms with Crippen LogP contribution in [0.15, 0.2) is 76.8 Å². The van der Waals surface area contributed by atoms with Gasteiger partial charge in [-0.05, 0) is 42.5 Å². The summed E-state index contributed by atoms with van der Waals surface area (Å²) in [6, 6.07) is 11.2.